The van der Waals surface area contributed by atoms with Gasteiger partial charge in [-0.05, 0) is 57.4 Å². The average Bonchev–Trinajstić information content (AvgIpc) is 3.28. The van der Waals surface area contributed by atoms with Gasteiger partial charge in [-0.15, -0.1) is 23.1 Å². The van der Waals surface area contributed by atoms with Gasteiger partial charge in [-0.3, -0.25) is 9.59 Å². The van der Waals surface area contributed by atoms with E-state index in [1.165, 1.54) is 47.6 Å². The Kier molecular flexibility index (Phi) is 9.15. The molecule has 32 heavy (non-hydrogen) atoms. The molecule has 2 unspecified atom stereocenters. The smallest absolute Gasteiger partial charge is 0.327 e. The van der Waals surface area contributed by atoms with Crippen molar-refractivity contribution < 1.29 is 19.5 Å². The first-order valence-corrected chi connectivity index (χ1v) is 12.8. The summed E-state index contributed by atoms with van der Waals surface area (Å²) in [4.78, 5) is 40.9. The van der Waals surface area contributed by atoms with E-state index in [4.69, 9.17) is 5.73 Å². The molecule has 1 aromatic rings. The van der Waals surface area contributed by atoms with Gasteiger partial charge in [-0.2, -0.15) is 0 Å². The van der Waals surface area contributed by atoms with Gasteiger partial charge in [0.1, 0.15) is 17.5 Å². The molecule has 3 rings (SSSR count). The van der Waals surface area contributed by atoms with E-state index in [1.807, 2.05) is 18.4 Å². The molecule has 3 heterocycles. The fourth-order valence-electron chi connectivity index (χ4n) is 4.11. The number of carboxylic acids is 1. The van der Waals surface area contributed by atoms with E-state index < -0.39 is 22.8 Å². The second kappa shape index (κ2) is 11.0. The van der Waals surface area contributed by atoms with Gasteiger partial charge < -0.3 is 26.0 Å². The van der Waals surface area contributed by atoms with E-state index in [2.05, 4.69) is 31.0 Å². The van der Waals surface area contributed by atoms with Crippen LogP contribution in [-0.4, -0.2) is 74.5 Å². The van der Waals surface area contributed by atoms with Gasteiger partial charge in [0.15, 0.2) is 0 Å². The van der Waals surface area contributed by atoms with Crippen LogP contribution in [0.2, 0.25) is 0 Å². The Morgan fingerprint density at radius 2 is 1.88 bits per heavy atom. The first kappa shape index (κ1) is 26.6. The number of fused-ring (bicyclic) bond motifs is 1. The monoisotopic (exact) mass is 484 g/mol. The molecule has 4 atom stereocenters. The molecule has 0 aliphatic carbocycles. The Morgan fingerprint density at radius 1 is 1.28 bits per heavy atom. The average molecular weight is 485 g/mol. The summed E-state index contributed by atoms with van der Waals surface area (Å²) in [6.45, 7) is 15.6. The Hall–Kier alpha value is -1.62. The minimum absolute atomic E-state index is 0.147. The van der Waals surface area contributed by atoms with Crippen molar-refractivity contribution in [1.29, 1.82) is 0 Å². The zero-order valence-electron chi connectivity index (χ0n) is 19.8. The summed E-state index contributed by atoms with van der Waals surface area (Å²) in [5.41, 5.74) is 6.76. The van der Waals surface area contributed by atoms with E-state index in [9.17, 15) is 19.5 Å². The molecule has 10 heteroatoms. The van der Waals surface area contributed by atoms with Crippen LogP contribution in [0.4, 0.5) is 0 Å². The molecule has 2 saturated heterocycles. The molecular formula is C22H36N4O4S2. The Morgan fingerprint density at radius 3 is 2.34 bits per heavy atom. The number of nitrogens with zero attached hydrogens (tertiary/aromatic N) is 2. The highest BCUT2D eigenvalue weighted by atomic mass is 32.2. The standard InChI is InChI=1S/C16H21N3O4S2.C6H15N/c1-7(17)11-8(4-5-24-11)6-9(20)18-10-13(21)19-12(15(22)23)16(2,3)25-14(10)19;1-4-7(5-2)6-3/h4-5,7,10,12,14H,6,17H2,1-3H3,(H,18,20)(H,22,23);4-6H2,1-3H3/t7?,10?,12-,14+;/m0./s1. The fraction of sp³-hybridized carbons (Fsp3) is 0.682. The number of amides is 2. The van der Waals surface area contributed by atoms with Crippen molar-refractivity contribution in [3.05, 3.63) is 21.9 Å². The third-order valence-corrected chi connectivity index (χ3v) is 8.61. The van der Waals surface area contributed by atoms with Gasteiger partial charge in [-0.25, -0.2) is 4.79 Å². The zero-order chi connectivity index (χ0) is 24.2. The normalized spacial score (nSPS) is 24.3. The van der Waals surface area contributed by atoms with Crippen molar-refractivity contribution in [3.8, 4) is 0 Å². The summed E-state index contributed by atoms with van der Waals surface area (Å²) in [6.07, 6.45) is 0.160. The molecule has 2 aliphatic rings. The molecule has 1 aromatic heterocycles. The predicted octanol–water partition coefficient (Wildman–Crippen LogP) is 2.29. The number of hydrogen-bond acceptors (Lipinski definition) is 7. The molecule has 0 saturated carbocycles. The number of nitrogens with one attached hydrogen (secondary N) is 1. The maximum atomic E-state index is 12.4. The van der Waals surface area contributed by atoms with Crippen LogP contribution in [0.5, 0.6) is 0 Å². The van der Waals surface area contributed by atoms with Crippen molar-refractivity contribution in [2.45, 2.75) is 76.2 Å². The summed E-state index contributed by atoms with van der Waals surface area (Å²) in [6, 6.07) is 0.181. The number of thiophene rings is 1. The van der Waals surface area contributed by atoms with Crippen molar-refractivity contribution in [1.82, 2.24) is 15.1 Å². The Bertz CT molecular complexity index is 817. The highest BCUT2D eigenvalue weighted by molar-refractivity contribution is 8.01. The SMILES string of the molecule is CC(N)c1sccc1CC(=O)NC1C(=O)N2[C@@H]1SC(C)(C)[C@@H]2C(=O)O.CCN(CC)CC. The lowest BCUT2D eigenvalue weighted by molar-refractivity contribution is -0.161. The maximum absolute atomic E-state index is 12.4. The second-order valence-electron chi connectivity index (χ2n) is 8.54. The van der Waals surface area contributed by atoms with Crippen LogP contribution in [0.15, 0.2) is 11.4 Å². The van der Waals surface area contributed by atoms with E-state index in [0.717, 1.165) is 10.4 Å². The molecule has 0 spiro atoms. The van der Waals surface area contributed by atoms with Gasteiger partial charge in [0.25, 0.3) is 0 Å². The van der Waals surface area contributed by atoms with Crippen molar-refractivity contribution in [2.75, 3.05) is 19.6 Å². The van der Waals surface area contributed by atoms with E-state index >= 15 is 0 Å². The topological polar surface area (TPSA) is 116 Å². The number of aliphatic carboxylic acids is 1. The summed E-state index contributed by atoms with van der Waals surface area (Å²) in [7, 11) is 0. The largest absolute Gasteiger partial charge is 0.480 e. The molecule has 8 nitrogen and oxygen atoms in total. The summed E-state index contributed by atoms with van der Waals surface area (Å²) in [5.74, 6) is -1.60. The highest BCUT2D eigenvalue weighted by Crippen LogP contribution is 2.50. The number of nitrogens with two attached hydrogens (primary N) is 1. The van der Waals surface area contributed by atoms with Crippen LogP contribution in [0.1, 0.15) is 58.0 Å². The zero-order valence-corrected chi connectivity index (χ0v) is 21.4. The number of carbonyl (C=O) groups is 3. The van der Waals surface area contributed by atoms with Crippen LogP contribution in [-0.2, 0) is 20.8 Å². The number of carbonyl (C=O) groups excluding carboxylic acids is 2. The summed E-state index contributed by atoms with van der Waals surface area (Å²) < 4.78 is -0.596. The number of carboxylic acid groups (broad SMARTS) is 1. The van der Waals surface area contributed by atoms with E-state index in [0.29, 0.717) is 0 Å². The Balaban J connectivity index is 0.000000451. The number of β-lactam (4-membered cyclic amide) rings is 1. The van der Waals surface area contributed by atoms with Crippen molar-refractivity contribution >= 4 is 40.9 Å². The third-order valence-electron chi connectivity index (χ3n) is 5.88. The van der Waals surface area contributed by atoms with Gasteiger partial charge in [-0.1, -0.05) is 20.8 Å². The molecule has 4 N–H and O–H groups in total. The highest BCUT2D eigenvalue weighted by Gasteiger charge is 2.64. The molecule has 0 bridgehead atoms. The van der Waals surface area contributed by atoms with Crippen LogP contribution in [0.3, 0.4) is 0 Å². The molecule has 2 amide bonds. The molecule has 2 aliphatic heterocycles. The second-order valence-corrected chi connectivity index (χ2v) is 11.3. The van der Waals surface area contributed by atoms with Gasteiger partial charge >= 0.3 is 5.97 Å². The number of thioether (sulfide) groups is 1. The fourth-order valence-corrected chi connectivity index (χ4v) is 6.62. The lowest BCUT2D eigenvalue weighted by atomic mass is 9.96. The van der Waals surface area contributed by atoms with Crippen molar-refractivity contribution in [3.63, 3.8) is 0 Å². The van der Waals surface area contributed by atoms with Gasteiger partial charge in [0.2, 0.25) is 11.8 Å². The first-order valence-electron chi connectivity index (χ1n) is 11.0. The quantitative estimate of drug-likeness (QED) is 0.485. The van der Waals surface area contributed by atoms with Crippen LogP contribution < -0.4 is 11.1 Å². The lowest BCUT2D eigenvalue weighted by Crippen LogP contribution is -2.70. The van der Waals surface area contributed by atoms with Gasteiger partial charge in [0, 0.05) is 15.7 Å². The van der Waals surface area contributed by atoms with Crippen molar-refractivity contribution in [2.24, 2.45) is 5.73 Å². The molecule has 2 fully saturated rings. The van der Waals surface area contributed by atoms with E-state index in [1.54, 1.807) is 13.8 Å². The minimum Gasteiger partial charge on any atom is -0.480 e. The minimum atomic E-state index is -1.02. The van der Waals surface area contributed by atoms with Crippen LogP contribution in [0.25, 0.3) is 0 Å². The summed E-state index contributed by atoms with van der Waals surface area (Å²) in [5, 5.41) is 13.7. The maximum Gasteiger partial charge on any atom is 0.327 e. The number of hydrogen-bond donors (Lipinski definition) is 3. The van der Waals surface area contributed by atoms with E-state index in [-0.39, 0.29) is 29.7 Å². The molecule has 180 valence electrons. The van der Waals surface area contributed by atoms with Crippen LogP contribution in [0, 0.1) is 0 Å². The number of rotatable bonds is 8. The summed E-state index contributed by atoms with van der Waals surface area (Å²) >= 11 is 2.92. The van der Waals surface area contributed by atoms with Crippen LogP contribution >= 0.6 is 23.1 Å². The molecule has 0 aromatic carbocycles. The lowest BCUT2D eigenvalue weighted by Gasteiger charge is -2.43. The first-order chi connectivity index (χ1) is 15.0. The molecular weight excluding hydrogens is 448 g/mol. The Labute approximate surface area is 198 Å². The van der Waals surface area contributed by atoms with Gasteiger partial charge in [0.05, 0.1) is 6.42 Å². The third kappa shape index (κ3) is 5.65. The molecule has 0 radical (unpaired) electrons. The predicted molar refractivity (Wildman–Crippen MR) is 130 cm³/mol.